The molecule has 2 heterocycles. The lowest BCUT2D eigenvalue weighted by Gasteiger charge is -2.10. The minimum atomic E-state index is -0.0577. The topological polar surface area (TPSA) is 42.0 Å². The first kappa shape index (κ1) is 13.7. The summed E-state index contributed by atoms with van der Waals surface area (Å²) in [7, 11) is 0. The normalized spacial score (nSPS) is 12.4. The van der Waals surface area contributed by atoms with E-state index >= 15 is 0 Å². The van der Waals surface area contributed by atoms with Gasteiger partial charge in [-0.1, -0.05) is 6.92 Å². The average molecular weight is 345 g/mol. The molecule has 0 aliphatic rings. The molecule has 3 nitrogen and oxygen atoms in total. The first-order chi connectivity index (χ1) is 8.60. The number of carbonyl (C=O) groups is 1. The molecule has 6 heteroatoms. The van der Waals surface area contributed by atoms with E-state index in [-0.39, 0.29) is 11.9 Å². The molecule has 0 bridgehead atoms. The van der Waals surface area contributed by atoms with Crippen LogP contribution in [0.25, 0.3) is 0 Å². The summed E-state index contributed by atoms with van der Waals surface area (Å²) in [6.45, 7) is 4.06. The SMILES string of the molecule is CCc1cnc(C(C)NC(=O)c2csc(Br)c2)s1. The van der Waals surface area contributed by atoms with Crippen molar-refractivity contribution in [3.8, 4) is 0 Å². The van der Waals surface area contributed by atoms with E-state index in [1.165, 1.54) is 16.2 Å². The van der Waals surface area contributed by atoms with Crippen LogP contribution in [-0.4, -0.2) is 10.9 Å². The van der Waals surface area contributed by atoms with Crippen molar-refractivity contribution in [2.75, 3.05) is 0 Å². The van der Waals surface area contributed by atoms with Crippen LogP contribution in [0.1, 0.15) is 40.1 Å². The first-order valence-corrected chi connectivity index (χ1v) is 8.08. The Kier molecular flexibility index (Phi) is 4.53. The second-order valence-electron chi connectivity index (χ2n) is 3.85. The fraction of sp³-hybridized carbons (Fsp3) is 0.333. The van der Waals surface area contributed by atoms with Crippen LogP contribution in [0.15, 0.2) is 21.4 Å². The van der Waals surface area contributed by atoms with Crippen molar-refractivity contribution in [3.05, 3.63) is 36.9 Å². The molecule has 0 radical (unpaired) electrons. The third kappa shape index (κ3) is 3.18. The number of thiazole rings is 1. The number of nitrogens with zero attached hydrogens (tertiary/aromatic N) is 1. The standard InChI is InChI=1S/C12H13BrN2OS2/c1-3-9-5-14-12(18-9)7(2)15-11(16)8-4-10(13)17-6-8/h4-7H,3H2,1-2H3,(H,15,16). The number of carbonyl (C=O) groups excluding carboxylic acids is 1. The Labute approximate surface area is 122 Å². The summed E-state index contributed by atoms with van der Waals surface area (Å²) in [6.07, 6.45) is 2.86. The Balaban J connectivity index is 2.02. The minimum Gasteiger partial charge on any atom is -0.343 e. The van der Waals surface area contributed by atoms with Crippen LogP contribution in [0.5, 0.6) is 0 Å². The largest absolute Gasteiger partial charge is 0.343 e. The van der Waals surface area contributed by atoms with Gasteiger partial charge in [-0.2, -0.15) is 0 Å². The highest BCUT2D eigenvalue weighted by Crippen LogP contribution is 2.23. The van der Waals surface area contributed by atoms with E-state index in [0.717, 1.165) is 15.2 Å². The van der Waals surface area contributed by atoms with Crippen molar-refractivity contribution in [1.82, 2.24) is 10.3 Å². The maximum Gasteiger partial charge on any atom is 0.252 e. The molecule has 1 N–H and O–H groups in total. The molecule has 1 atom stereocenters. The predicted octanol–water partition coefficient (Wildman–Crippen LogP) is 4.02. The molecule has 0 fully saturated rings. The van der Waals surface area contributed by atoms with Gasteiger partial charge in [0.1, 0.15) is 5.01 Å². The molecule has 1 amide bonds. The summed E-state index contributed by atoms with van der Waals surface area (Å²) in [6, 6.07) is 1.77. The lowest BCUT2D eigenvalue weighted by molar-refractivity contribution is 0.0940. The van der Waals surface area contributed by atoms with Crippen LogP contribution in [-0.2, 0) is 6.42 Å². The number of halogens is 1. The molecule has 2 rings (SSSR count). The van der Waals surface area contributed by atoms with Crippen LogP contribution < -0.4 is 5.32 Å². The fourth-order valence-corrected chi connectivity index (χ4v) is 3.45. The Morgan fingerprint density at radius 2 is 2.39 bits per heavy atom. The van der Waals surface area contributed by atoms with Gasteiger partial charge < -0.3 is 5.32 Å². The van der Waals surface area contributed by atoms with Crippen LogP contribution in [0.2, 0.25) is 0 Å². The van der Waals surface area contributed by atoms with Gasteiger partial charge in [-0.15, -0.1) is 22.7 Å². The number of nitrogens with one attached hydrogen (secondary N) is 1. The van der Waals surface area contributed by atoms with Crippen LogP contribution >= 0.6 is 38.6 Å². The lowest BCUT2D eigenvalue weighted by atomic mass is 10.3. The number of thiophene rings is 1. The van der Waals surface area contributed by atoms with Gasteiger partial charge in [0.2, 0.25) is 0 Å². The van der Waals surface area contributed by atoms with E-state index in [2.05, 4.69) is 33.2 Å². The van der Waals surface area contributed by atoms with Gasteiger partial charge in [0.05, 0.1) is 15.4 Å². The second kappa shape index (κ2) is 5.95. The van der Waals surface area contributed by atoms with Crippen molar-refractivity contribution in [1.29, 1.82) is 0 Å². The van der Waals surface area contributed by atoms with Crippen LogP contribution in [0.3, 0.4) is 0 Å². The summed E-state index contributed by atoms with van der Waals surface area (Å²) in [5, 5.41) is 5.75. The van der Waals surface area contributed by atoms with Gasteiger partial charge >= 0.3 is 0 Å². The average Bonchev–Trinajstić information content (AvgIpc) is 2.97. The monoisotopic (exact) mass is 344 g/mol. The third-order valence-corrected chi connectivity index (χ3v) is 5.30. The zero-order valence-corrected chi connectivity index (χ0v) is 13.3. The zero-order valence-electron chi connectivity index (χ0n) is 10.1. The Bertz CT molecular complexity index is 550. The van der Waals surface area contributed by atoms with E-state index in [1.807, 2.05) is 24.6 Å². The second-order valence-corrected chi connectivity index (χ2v) is 7.29. The van der Waals surface area contributed by atoms with Gasteiger partial charge in [-0.05, 0) is 35.3 Å². The highest BCUT2D eigenvalue weighted by Gasteiger charge is 2.15. The predicted molar refractivity (Wildman–Crippen MR) is 79.4 cm³/mol. The van der Waals surface area contributed by atoms with E-state index in [9.17, 15) is 4.79 Å². The summed E-state index contributed by atoms with van der Waals surface area (Å²) in [4.78, 5) is 17.5. The highest BCUT2D eigenvalue weighted by atomic mass is 79.9. The van der Waals surface area contributed by atoms with E-state index in [1.54, 1.807) is 11.3 Å². The van der Waals surface area contributed by atoms with Gasteiger partial charge in [-0.3, -0.25) is 4.79 Å². The highest BCUT2D eigenvalue weighted by molar-refractivity contribution is 9.11. The number of aromatic nitrogens is 1. The van der Waals surface area contributed by atoms with Crippen molar-refractivity contribution in [2.45, 2.75) is 26.3 Å². The molecule has 0 aliphatic heterocycles. The maximum absolute atomic E-state index is 12.0. The molecule has 2 aromatic rings. The molecule has 96 valence electrons. The quantitative estimate of drug-likeness (QED) is 0.909. The Hall–Kier alpha value is -0.720. The summed E-state index contributed by atoms with van der Waals surface area (Å²) >= 11 is 6.51. The summed E-state index contributed by atoms with van der Waals surface area (Å²) < 4.78 is 0.961. The van der Waals surface area contributed by atoms with E-state index in [0.29, 0.717) is 5.56 Å². The van der Waals surface area contributed by atoms with Gasteiger partial charge in [0.15, 0.2) is 0 Å². The zero-order chi connectivity index (χ0) is 13.1. The number of rotatable bonds is 4. The van der Waals surface area contributed by atoms with E-state index < -0.39 is 0 Å². The van der Waals surface area contributed by atoms with E-state index in [4.69, 9.17) is 0 Å². The molecule has 18 heavy (non-hydrogen) atoms. The molecule has 2 aromatic heterocycles. The molecule has 0 saturated carbocycles. The summed E-state index contributed by atoms with van der Waals surface area (Å²) in [5.74, 6) is -0.0577. The van der Waals surface area contributed by atoms with Crippen molar-refractivity contribution in [2.24, 2.45) is 0 Å². The van der Waals surface area contributed by atoms with Crippen LogP contribution in [0.4, 0.5) is 0 Å². The van der Waals surface area contributed by atoms with Gasteiger partial charge in [-0.25, -0.2) is 4.98 Å². The first-order valence-electron chi connectivity index (χ1n) is 5.59. The molecule has 1 unspecified atom stereocenters. The molecule has 0 aliphatic carbocycles. The fourth-order valence-electron chi connectivity index (χ4n) is 1.46. The minimum absolute atomic E-state index is 0.0542. The maximum atomic E-state index is 12.0. The van der Waals surface area contributed by atoms with Gasteiger partial charge in [0.25, 0.3) is 5.91 Å². The smallest absolute Gasteiger partial charge is 0.252 e. The molecular formula is C12H13BrN2OS2. The Morgan fingerprint density at radius 3 is 2.94 bits per heavy atom. The number of aryl methyl sites for hydroxylation is 1. The van der Waals surface area contributed by atoms with Gasteiger partial charge in [0, 0.05) is 16.5 Å². The third-order valence-electron chi connectivity index (χ3n) is 2.47. The van der Waals surface area contributed by atoms with Crippen LogP contribution in [0, 0.1) is 0 Å². The molecule has 0 spiro atoms. The molecule has 0 aromatic carbocycles. The lowest BCUT2D eigenvalue weighted by Crippen LogP contribution is -2.26. The van der Waals surface area contributed by atoms with Crippen molar-refractivity contribution < 1.29 is 4.79 Å². The summed E-state index contributed by atoms with van der Waals surface area (Å²) in [5.41, 5.74) is 0.686. The van der Waals surface area contributed by atoms with Crippen molar-refractivity contribution in [3.63, 3.8) is 0 Å². The number of amides is 1. The number of hydrogen-bond donors (Lipinski definition) is 1. The molecule has 0 saturated heterocycles. The molecular weight excluding hydrogens is 332 g/mol. The Morgan fingerprint density at radius 1 is 1.61 bits per heavy atom. The van der Waals surface area contributed by atoms with Crippen molar-refractivity contribution >= 4 is 44.5 Å². The number of hydrogen-bond acceptors (Lipinski definition) is 4.